The Morgan fingerprint density at radius 3 is 2.65 bits per heavy atom. The molecule has 0 aromatic heterocycles. The molecule has 0 saturated heterocycles. The number of hydrogen-bond donors (Lipinski definition) is 3. The number of rotatable bonds is 3. The number of amides is 1. The molecule has 0 atom stereocenters. The Labute approximate surface area is 119 Å². The summed E-state index contributed by atoms with van der Waals surface area (Å²) < 4.78 is 0. The van der Waals surface area contributed by atoms with E-state index in [2.05, 4.69) is 15.6 Å². The van der Waals surface area contributed by atoms with Gasteiger partial charge in [0.25, 0.3) is 0 Å². The standard InChI is InChI=1S/C11H20N4O.HI/c12-9(16)11(4-1-2-5-11)8-15-10-13-6-3-7-14-10;/h1-8H2,(H2,12,16)(H2,13,14,15);1H. The van der Waals surface area contributed by atoms with Gasteiger partial charge < -0.3 is 16.4 Å². The van der Waals surface area contributed by atoms with Crippen LogP contribution in [0.5, 0.6) is 0 Å². The number of carbonyl (C=O) groups is 1. The average Bonchev–Trinajstić information content (AvgIpc) is 2.78. The average molecular weight is 352 g/mol. The van der Waals surface area contributed by atoms with Crippen molar-refractivity contribution >= 4 is 35.8 Å². The van der Waals surface area contributed by atoms with E-state index in [-0.39, 0.29) is 35.3 Å². The molecule has 0 aromatic rings. The van der Waals surface area contributed by atoms with Crippen LogP contribution in [0.25, 0.3) is 0 Å². The molecule has 1 heterocycles. The van der Waals surface area contributed by atoms with Crippen LogP contribution in [0.1, 0.15) is 32.1 Å². The van der Waals surface area contributed by atoms with Gasteiger partial charge in [0.2, 0.25) is 5.91 Å². The minimum Gasteiger partial charge on any atom is -0.369 e. The Bertz CT molecular complexity index is 300. The normalized spacial score (nSPS) is 22.0. The Kier molecular flexibility index (Phi) is 5.48. The SMILES string of the molecule is I.NC(=O)C1(CNC2=NCCCN2)CCCC1. The van der Waals surface area contributed by atoms with Gasteiger partial charge >= 0.3 is 0 Å². The van der Waals surface area contributed by atoms with Crippen LogP contribution in [-0.4, -0.2) is 31.5 Å². The second-order valence-corrected chi connectivity index (χ2v) is 4.72. The molecule has 5 nitrogen and oxygen atoms in total. The van der Waals surface area contributed by atoms with Crippen molar-refractivity contribution in [2.45, 2.75) is 32.1 Å². The largest absolute Gasteiger partial charge is 0.369 e. The lowest BCUT2D eigenvalue weighted by atomic mass is 9.85. The molecule has 0 radical (unpaired) electrons. The molecule has 0 bridgehead atoms. The van der Waals surface area contributed by atoms with E-state index >= 15 is 0 Å². The lowest BCUT2D eigenvalue weighted by Crippen LogP contribution is -2.49. The predicted molar refractivity (Wildman–Crippen MR) is 78.4 cm³/mol. The Balaban J connectivity index is 0.00000144. The first-order valence-corrected chi connectivity index (χ1v) is 6.05. The van der Waals surface area contributed by atoms with Crippen LogP contribution in [0.15, 0.2) is 4.99 Å². The van der Waals surface area contributed by atoms with Gasteiger partial charge in [-0.15, -0.1) is 24.0 Å². The number of nitrogens with two attached hydrogens (primary N) is 1. The van der Waals surface area contributed by atoms with Gasteiger partial charge in [-0.1, -0.05) is 12.8 Å². The summed E-state index contributed by atoms with van der Waals surface area (Å²) >= 11 is 0. The highest BCUT2D eigenvalue weighted by atomic mass is 127. The van der Waals surface area contributed by atoms with Gasteiger partial charge in [-0.05, 0) is 19.3 Å². The molecule has 98 valence electrons. The lowest BCUT2D eigenvalue weighted by Gasteiger charge is -2.27. The van der Waals surface area contributed by atoms with Crippen LogP contribution < -0.4 is 16.4 Å². The van der Waals surface area contributed by atoms with Gasteiger partial charge in [0.05, 0.1) is 5.41 Å². The van der Waals surface area contributed by atoms with Gasteiger partial charge in [0.15, 0.2) is 5.96 Å². The number of nitrogens with one attached hydrogen (secondary N) is 2. The number of nitrogens with zero attached hydrogens (tertiary/aromatic N) is 1. The van der Waals surface area contributed by atoms with Crippen molar-refractivity contribution in [3.63, 3.8) is 0 Å². The topological polar surface area (TPSA) is 79.5 Å². The van der Waals surface area contributed by atoms with Crippen molar-refractivity contribution in [1.82, 2.24) is 10.6 Å². The number of guanidine groups is 1. The second kappa shape index (κ2) is 6.42. The Morgan fingerprint density at radius 1 is 1.41 bits per heavy atom. The van der Waals surface area contributed by atoms with Crippen LogP contribution in [0.3, 0.4) is 0 Å². The summed E-state index contributed by atoms with van der Waals surface area (Å²) in [6.45, 7) is 2.43. The fourth-order valence-electron chi connectivity index (χ4n) is 2.47. The summed E-state index contributed by atoms with van der Waals surface area (Å²) in [5.74, 6) is 0.646. The number of halogens is 1. The van der Waals surface area contributed by atoms with Crippen LogP contribution >= 0.6 is 24.0 Å². The van der Waals surface area contributed by atoms with Gasteiger partial charge in [-0.3, -0.25) is 9.79 Å². The van der Waals surface area contributed by atoms with Crippen molar-refractivity contribution in [2.75, 3.05) is 19.6 Å². The molecule has 6 heteroatoms. The lowest BCUT2D eigenvalue weighted by molar-refractivity contribution is -0.127. The van der Waals surface area contributed by atoms with E-state index in [0.29, 0.717) is 6.54 Å². The second-order valence-electron chi connectivity index (χ2n) is 4.72. The summed E-state index contributed by atoms with van der Waals surface area (Å²) in [6.07, 6.45) is 5.09. The summed E-state index contributed by atoms with van der Waals surface area (Å²) in [6, 6.07) is 0. The minimum atomic E-state index is -0.346. The molecule has 2 rings (SSSR count). The number of primary amides is 1. The molecule has 1 aliphatic carbocycles. The van der Waals surface area contributed by atoms with Gasteiger partial charge in [-0.25, -0.2) is 0 Å². The first kappa shape index (κ1) is 14.5. The highest BCUT2D eigenvalue weighted by Crippen LogP contribution is 2.37. The van der Waals surface area contributed by atoms with Crippen molar-refractivity contribution in [2.24, 2.45) is 16.1 Å². The summed E-state index contributed by atoms with van der Waals surface area (Å²) in [7, 11) is 0. The van der Waals surface area contributed by atoms with Gasteiger partial charge in [0.1, 0.15) is 0 Å². The van der Waals surface area contributed by atoms with Crippen LogP contribution in [0.2, 0.25) is 0 Å². The smallest absolute Gasteiger partial charge is 0.225 e. The first-order chi connectivity index (χ1) is 7.73. The molecule has 1 amide bonds. The highest BCUT2D eigenvalue weighted by Gasteiger charge is 2.39. The third kappa shape index (κ3) is 3.46. The fraction of sp³-hybridized carbons (Fsp3) is 0.818. The van der Waals surface area contributed by atoms with Crippen molar-refractivity contribution in [3.05, 3.63) is 0 Å². The maximum absolute atomic E-state index is 11.5. The predicted octanol–water partition coefficient (Wildman–Crippen LogP) is 0.589. The molecule has 0 spiro atoms. The fourth-order valence-corrected chi connectivity index (χ4v) is 2.47. The molecule has 4 N–H and O–H groups in total. The van der Waals surface area contributed by atoms with E-state index in [9.17, 15) is 4.79 Å². The molecule has 2 aliphatic rings. The molecule has 1 fully saturated rings. The van der Waals surface area contributed by atoms with E-state index in [1.807, 2.05) is 0 Å². The first-order valence-electron chi connectivity index (χ1n) is 6.05. The number of carbonyl (C=O) groups excluding carboxylic acids is 1. The zero-order chi connectivity index (χ0) is 11.4. The molecule has 1 saturated carbocycles. The van der Waals surface area contributed by atoms with Crippen LogP contribution in [0, 0.1) is 5.41 Å². The maximum atomic E-state index is 11.5. The maximum Gasteiger partial charge on any atom is 0.225 e. The molecular weight excluding hydrogens is 331 g/mol. The molecule has 0 aromatic carbocycles. The van der Waals surface area contributed by atoms with Gasteiger partial charge in [0, 0.05) is 19.6 Å². The van der Waals surface area contributed by atoms with Crippen molar-refractivity contribution in [1.29, 1.82) is 0 Å². The molecule has 17 heavy (non-hydrogen) atoms. The molecule has 1 aliphatic heterocycles. The van der Waals surface area contributed by atoms with E-state index in [1.165, 1.54) is 0 Å². The number of hydrogen-bond acceptors (Lipinski definition) is 4. The highest BCUT2D eigenvalue weighted by molar-refractivity contribution is 14.0. The third-order valence-corrected chi connectivity index (χ3v) is 3.57. The molecular formula is C11H21IN4O. The monoisotopic (exact) mass is 352 g/mol. The van der Waals surface area contributed by atoms with E-state index in [4.69, 9.17) is 5.73 Å². The van der Waals surface area contributed by atoms with E-state index in [0.717, 1.165) is 51.2 Å². The quantitative estimate of drug-likeness (QED) is 0.651. The van der Waals surface area contributed by atoms with Crippen molar-refractivity contribution < 1.29 is 4.79 Å². The van der Waals surface area contributed by atoms with E-state index in [1.54, 1.807) is 0 Å². The summed E-state index contributed by atoms with van der Waals surface area (Å²) in [4.78, 5) is 15.8. The van der Waals surface area contributed by atoms with Gasteiger partial charge in [-0.2, -0.15) is 0 Å². The van der Waals surface area contributed by atoms with E-state index < -0.39 is 0 Å². The zero-order valence-electron chi connectivity index (χ0n) is 10.00. The van der Waals surface area contributed by atoms with Crippen molar-refractivity contribution in [3.8, 4) is 0 Å². The Morgan fingerprint density at radius 2 is 2.12 bits per heavy atom. The van der Waals surface area contributed by atoms with Crippen LogP contribution in [-0.2, 0) is 4.79 Å². The zero-order valence-corrected chi connectivity index (χ0v) is 12.3. The Hall–Kier alpha value is -0.530. The van der Waals surface area contributed by atoms with Crippen LogP contribution in [0.4, 0.5) is 0 Å². The minimum absolute atomic E-state index is 0. The third-order valence-electron chi connectivity index (χ3n) is 3.57. The summed E-state index contributed by atoms with van der Waals surface area (Å²) in [5, 5.41) is 6.41. The molecule has 0 unspecified atom stereocenters. The number of aliphatic imine (C=N–C) groups is 1. The summed E-state index contributed by atoms with van der Waals surface area (Å²) in [5.41, 5.74) is 5.16.